The Bertz CT molecular complexity index is 535. The number of primary amides is 1. The number of carbonyl (C=O) groups excluding carboxylic acids is 2. The van der Waals surface area contributed by atoms with Crippen LogP contribution in [0.2, 0.25) is 0 Å². The van der Waals surface area contributed by atoms with Gasteiger partial charge in [0.25, 0.3) is 5.91 Å². The van der Waals surface area contributed by atoms with Gasteiger partial charge in [-0.25, -0.2) is 4.79 Å². The Morgan fingerprint density at radius 1 is 1.25 bits per heavy atom. The molecule has 1 saturated heterocycles. The third kappa shape index (κ3) is 3.05. The molecule has 0 aromatic heterocycles. The van der Waals surface area contributed by atoms with Crippen molar-refractivity contribution in [1.82, 2.24) is 10.2 Å². The van der Waals surface area contributed by atoms with Gasteiger partial charge in [0, 0.05) is 25.2 Å². The molecule has 0 unspecified atom stereocenters. The highest BCUT2D eigenvalue weighted by Gasteiger charge is 2.35. The Morgan fingerprint density at radius 3 is 2.35 bits per heavy atom. The molecule has 2 rings (SSSR count). The van der Waals surface area contributed by atoms with Crippen LogP contribution in [0.1, 0.15) is 15.9 Å². The van der Waals surface area contributed by atoms with Gasteiger partial charge in [0.15, 0.2) is 0 Å². The molecule has 1 aromatic carbocycles. The van der Waals surface area contributed by atoms with Gasteiger partial charge >= 0.3 is 12.0 Å². The van der Waals surface area contributed by atoms with Crippen LogP contribution in [0.15, 0.2) is 24.3 Å². The predicted molar refractivity (Wildman–Crippen MR) is 69.9 cm³/mol. The van der Waals surface area contributed by atoms with Crippen LogP contribution < -0.4 is 11.1 Å². The molecular formula is C13H15N3O4. The van der Waals surface area contributed by atoms with Gasteiger partial charge in [0.2, 0.25) is 0 Å². The number of likely N-dealkylation sites (tertiary alicyclic amines) is 1. The lowest BCUT2D eigenvalue weighted by molar-refractivity contribution is -0.146. The van der Waals surface area contributed by atoms with E-state index in [2.05, 4.69) is 5.32 Å². The smallest absolute Gasteiger partial charge is 0.312 e. The summed E-state index contributed by atoms with van der Waals surface area (Å²) in [6, 6.07) is 6.13. The van der Waals surface area contributed by atoms with Crippen molar-refractivity contribution in [2.24, 2.45) is 11.7 Å². The number of carboxylic acid groups (broad SMARTS) is 1. The molecule has 1 heterocycles. The van der Waals surface area contributed by atoms with Crippen molar-refractivity contribution in [3.8, 4) is 0 Å². The van der Waals surface area contributed by atoms with Gasteiger partial charge in [-0.3, -0.25) is 9.59 Å². The summed E-state index contributed by atoms with van der Waals surface area (Å²) in [6.45, 7) is 0.799. The molecule has 0 aliphatic carbocycles. The normalized spacial score (nSPS) is 14.5. The molecule has 1 aromatic rings. The summed E-state index contributed by atoms with van der Waals surface area (Å²) in [6.07, 6.45) is 0. The number of nitrogens with zero attached hydrogens (tertiary/aromatic N) is 1. The Balaban J connectivity index is 1.92. The van der Waals surface area contributed by atoms with Crippen LogP contribution in [-0.4, -0.2) is 41.0 Å². The maximum atomic E-state index is 12.0. The number of nitrogens with two attached hydrogens (primary N) is 1. The number of amides is 3. The maximum absolute atomic E-state index is 12.0. The average Bonchev–Trinajstić information content (AvgIpc) is 2.34. The molecule has 20 heavy (non-hydrogen) atoms. The molecule has 0 bridgehead atoms. The van der Waals surface area contributed by atoms with E-state index >= 15 is 0 Å². The fourth-order valence-corrected chi connectivity index (χ4v) is 1.94. The molecule has 0 saturated carbocycles. The summed E-state index contributed by atoms with van der Waals surface area (Å²) in [5.74, 6) is -1.52. The van der Waals surface area contributed by atoms with E-state index in [-0.39, 0.29) is 19.0 Å². The molecule has 3 amide bonds. The quantitative estimate of drug-likeness (QED) is 0.719. The van der Waals surface area contributed by atoms with Gasteiger partial charge in [-0.15, -0.1) is 0 Å². The van der Waals surface area contributed by atoms with Crippen LogP contribution in [0, 0.1) is 5.92 Å². The van der Waals surface area contributed by atoms with Crippen LogP contribution in [0.5, 0.6) is 0 Å². The van der Waals surface area contributed by atoms with E-state index in [1.165, 1.54) is 4.90 Å². The lowest BCUT2D eigenvalue weighted by Crippen LogP contribution is -2.53. The molecule has 4 N–H and O–H groups in total. The van der Waals surface area contributed by atoms with E-state index < -0.39 is 17.9 Å². The third-order valence-electron chi connectivity index (χ3n) is 3.19. The SMILES string of the molecule is NC(=O)NCc1ccc(C(=O)N2CC(C(=O)O)C2)cc1. The first kappa shape index (κ1) is 13.9. The van der Waals surface area contributed by atoms with E-state index in [1.54, 1.807) is 24.3 Å². The number of hydrogen-bond acceptors (Lipinski definition) is 3. The van der Waals surface area contributed by atoms with Crippen LogP contribution in [-0.2, 0) is 11.3 Å². The lowest BCUT2D eigenvalue weighted by atomic mass is 9.99. The summed E-state index contributed by atoms with van der Waals surface area (Å²) in [5.41, 5.74) is 6.29. The molecular weight excluding hydrogens is 262 g/mol. The van der Waals surface area contributed by atoms with E-state index in [0.29, 0.717) is 12.1 Å². The highest BCUT2D eigenvalue weighted by Crippen LogP contribution is 2.19. The highest BCUT2D eigenvalue weighted by atomic mass is 16.4. The average molecular weight is 277 g/mol. The highest BCUT2D eigenvalue weighted by molar-refractivity contribution is 5.95. The summed E-state index contributed by atoms with van der Waals surface area (Å²) in [5, 5.41) is 11.2. The zero-order valence-corrected chi connectivity index (χ0v) is 10.7. The standard InChI is InChI=1S/C13H15N3O4/c14-13(20)15-5-8-1-3-9(4-2-8)11(17)16-6-10(7-16)12(18)19/h1-4,10H,5-7H2,(H,18,19)(H3,14,15,20). The number of nitrogens with one attached hydrogen (secondary N) is 1. The van der Waals surface area contributed by atoms with Gasteiger partial charge in [0.1, 0.15) is 0 Å². The largest absolute Gasteiger partial charge is 0.481 e. The summed E-state index contributed by atoms with van der Waals surface area (Å²) >= 11 is 0. The predicted octanol–water partition coefficient (Wildman–Crippen LogP) is 0.0115. The zero-order chi connectivity index (χ0) is 14.7. The number of carboxylic acids is 1. The van der Waals surface area contributed by atoms with E-state index in [4.69, 9.17) is 10.8 Å². The number of rotatable bonds is 4. The van der Waals surface area contributed by atoms with Crippen molar-refractivity contribution in [3.05, 3.63) is 35.4 Å². The number of hydrogen-bond donors (Lipinski definition) is 3. The minimum atomic E-state index is -0.873. The first-order valence-corrected chi connectivity index (χ1v) is 6.11. The Morgan fingerprint density at radius 2 is 1.85 bits per heavy atom. The Kier molecular flexibility index (Phi) is 3.88. The van der Waals surface area contributed by atoms with E-state index in [0.717, 1.165) is 5.56 Å². The summed E-state index contributed by atoms with van der Waals surface area (Å²) in [7, 11) is 0. The van der Waals surface area contributed by atoms with Gasteiger partial charge < -0.3 is 21.1 Å². The fourth-order valence-electron chi connectivity index (χ4n) is 1.94. The van der Waals surface area contributed by atoms with Crippen LogP contribution in [0.3, 0.4) is 0 Å². The van der Waals surface area contributed by atoms with Gasteiger partial charge in [0.05, 0.1) is 5.92 Å². The number of benzene rings is 1. The topological polar surface area (TPSA) is 113 Å². The molecule has 7 nitrogen and oxygen atoms in total. The monoisotopic (exact) mass is 277 g/mol. The van der Waals surface area contributed by atoms with E-state index in [9.17, 15) is 14.4 Å². The molecule has 0 spiro atoms. The molecule has 0 radical (unpaired) electrons. The fraction of sp³-hybridized carbons (Fsp3) is 0.308. The molecule has 1 aliphatic heterocycles. The second kappa shape index (κ2) is 5.60. The molecule has 1 aliphatic rings. The number of urea groups is 1. The number of aliphatic carboxylic acids is 1. The first-order valence-electron chi connectivity index (χ1n) is 6.11. The molecule has 106 valence electrons. The second-order valence-electron chi connectivity index (χ2n) is 4.66. The minimum Gasteiger partial charge on any atom is -0.481 e. The van der Waals surface area contributed by atoms with Crippen LogP contribution >= 0.6 is 0 Å². The number of carbonyl (C=O) groups is 3. The van der Waals surface area contributed by atoms with Crippen LogP contribution in [0.4, 0.5) is 4.79 Å². The maximum Gasteiger partial charge on any atom is 0.312 e. The second-order valence-corrected chi connectivity index (χ2v) is 4.66. The Labute approximate surface area is 115 Å². The van der Waals surface area contributed by atoms with Crippen molar-refractivity contribution in [2.45, 2.75) is 6.54 Å². The van der Waals surface area contributed by atoms with Crippen LogP contribution in [0.25, 0.3) is 0 Å². The summed E-state index contributed by atoms with van der Waals surface area (Å²) in [4.78, 5) is 34.8. The lowest BCUT2D eigenvalue weighted by Gasteiger charge is -2.36. The summed E-state index contributed by atoms with van der Waals surface area (Å²) < 4.78 is 0. The van der Waals surface area contributed by atoms with Crippen molar-refractivity contribution < 1.29 is 19.5 Å². The minimum absolute atomic E-state index is 0.183. The van der Waals surface area contributed by atoms with Gasteiger partial charge in [-0.1, -0.05) is 12.1 Å². The molecule has 0 atom stereocenters. The Hall–Kier alpha value is -2.57. The zero-order valence-electron chi connectivity index (χ0n) is 10.7. The molecule has 7 heteroatoms. The van der Waals surface area contributed by atoms with Gasteiger partial charge in [-0.05, 0) is 17.7 Å². The van der Waals surface area contributed by atoms with Crippen molar-refractivity contribution >= 4 is 17.9 Å². The van der Waals surface area contributed by atoms with E-state index in [1.807, 2.05) is 0 Å². The van der Waals surface area contributed by atoms with Crippen molar-refractivity contribution in [1.29, 1.82) is 0 Å². The van der Waals surface area contributed by atoms with Crippen molar-refractivity contribution in [3.63, 3.8) is 0 Å². The first-order chi connectivity index (χ1) is 9.47. The molecule has 1 fully saturated rings. The third-order valence-corrected chi connectivity index (χ3v) is 3.19. The van der Waals surface area contributed by atoms with Gasteiger partial charge in [-0.2, -0.15) is 0 Å². The van der Waals surface area contributed by atoms with Crippen molar-refractivity contribution in [2.75, 3.05) is 13.1 Å².